The minimum absolute atomic E-state index is 0.120. The van der Waals surface area contributed by atoms with Crippen molar-refractivity contribution in [1.29, 1.82) is 0 Å². The molecule has 4 nitrogen and oxygen atoms in total. The van der Waals surface area contributed by atoms with Gasteiger partial charge in [-0.15, -0.1) is 0 Å². The summed E-state index contributed by atoms with van der Waals surface area (Å²) in [5.41, 5.74) is 0.680. The molecule has 3 aromatic rings. The molecule has 0 N–H and O–H groups in total. The van der Waals surface area contributed by atoms with E-state index in [9.17, 15) is 13.2 Å². The van der Waals surface area contributed by atoms with E-state index in [0.29, 0.717) is 13.1 Å². The van der Waals surface area contributed by atoms with Crippen LogP contribution >= 0.6 is 15.9 Å². The van der Waals surface area contributed by atoms with Crippen LogP contribution in [0.1, 0.15) is 17.0 Å². The lowest BCUT2D eigenvalue weighted by Crippen LogP contribution is -2.25. The quantitative estimate of drug-likeness (QED) is 0.550. The predicted octanol–water partition coefficient (Wildman–Crippen LogP) is 4.86. The van der Waals surface area contributed by atoms with Crippen LogP contribution in [0.15, 0.2) is 65.5 Å². The Balaban J connectivity index is 1.98. The highest BCUT2D eigenvalue weighted by atomic mass is 79.9. The monoisotopic (exact) mass is 422 g/mol. The van der Waals surface area contributed by atoms with Crippen molar-refractivity contribution in [2.45, 2.75) is 19.3 Å². The highest BCUT2D eigenvalue weighted by Crippen LogP contribution is 2.33. The van der Waals surface area contributed by atoms with Crippen LogP contribution in [0.4, 0.5) is 19.0 Å². The van der Waals surface area contributed by atoms with Gasteiger partial charge in [-0.05, 0) is 52.3 Å². The van der Waals surface area contributed by atoms with Gasteiger partial charge < -0.3 is 4.90 Å². The van der Waals surface area contributed by atoms with E-state index in [1.807, 2.05) is 24.3 Å². The van der Waals surface area contributed by atoms with Gasteiger partial charge in [0, 0.05) is 12.4 Å². The number of pyridine rings is 3. The zero-order valence-corrected chi connectivity index (χ0v) is 15.1. The summed E-state index contributed by atoms with van der Waals surface area (Å²) >= 11 is 3.08. The maximum absolute atomic E-state index is 13.2. The number of nitrogens with zero attached hydrogens (tertiary/aromatic N) is 4. The third-order valence-corrected chi connectivity index (χ3v) is 4.00. The van der Waals surface area contributed by atoms with Crippen molar-refractivity contribution in [3.63, 3.8) is 0 Å². The average molecular weight is 423 g/mol. The lowest BCUT2D eigenvalue weighted by Gasteiger charge is -2.24. The van der Waals surface area contributed by atoms with E-state index in [1.54, 1.807) is 29.4 Å². The van der Waals surface area contributed by atoms with E-state index < -0.39 is 11.7 Å². The zero-order valence-electron chi connectivity index (χ0n) is 13.5. The number of anilines is 1. The second-order valence-electron chi connectivity index (χ2n) is 5.53. The molecule has 26 heavy (non-hydrogen) atoms. The van der Waals surface area contributed by atoms with Gasteiger partial charge in [0.15, 0.2) is 0 Å². The SMILES string of the molecule is FC(F)(F)c1cc(Br)nc(N(Cc2ccccn2)Cc2ccccn2)c1. The molecule has 0 aliphatic heterocycles. The number of aromatic nitrogens is 3. The second-order valence-corrected chi connectivity index (χ2v) is 6.35. The summed E-state index contributed by atoms with van der Waals surface area (Å²) in [4.78, 5) is 14.5. The van der Waals surface area contributed by atoms with E-state index in [0.717, 1.165) is 23.5 Å². The molecule has 134 valence electrons. The third-order valence-electron chi connectivity index (χ3n) is 3.59. The molecule has 0 aromatic carbocycles. The van der Waals surface area contributed by atoms with Crippen LogP contribution in [0.3, 0.4) is 0 Å². The van der Waals surface area contributed by atoms with E-state index in [4.69, 9.17) is 0 Å². The van der Waals surface area contributed by atoms with E-state index in [1.165, 1.54) is 0 Å². The fourth-order valence-corrected chi connectivity index (χ4v) is 2.83. The summed E-state index contributed by atoms with van der Waals surface area (Å²) in [6, 6.07) is 12.9. The van der Waals surface area contributed by atoms with Crippen LogP contribution in [0.25, 0.3) is 0 Å². The number of alkyl halides is 3. The van der Waals surface area contributed by atoms with Gasteiger partial charge in [0.25, 0.3) is 0 Å². The van der Waals surface area contributed by atoms with Crippen molar-refractivity contribution in [1.82, 2.24) is 15.0 Å². The van der Waals surface area contributed by atoms with Crippen molar-refractivity contribution < 1.29 is 13.2 Å². The molecule has 0 amide bonds. The lowest BCUT2D eigenvalue weighted by atomic mass is 10.2. The molecule has 0 fully saturated rings. The molecular formula is C18H14BrF3N4. The molecule has 3 aromatic heterocycles. The van der Waals surface area contributed by atoms with Crippen molar-refractivity contribution >= 4 is 21.7 Å². The maximum atomic E-state index is 13.2. The van der Waals surface area contributed by atoms with Crippen LogP contribution in [-0.2, 0) is 19.3 Å². The van der Waals surface area contributed by atoms with Crippen molar-refractivity contribution in [3.8, 4) is 0 Å². The molecule has 0 radical (unpaired) electrons. The number of hydrogen-bond acceptors (Lipinski definition) is 4. The first-order valence-electron chi connectivity index (χ1n) is 7.71. The Kier molecular flexibility index (Phi) is 5.51. The van der Waals surface area contributed by atoms with Crippen LogP contribution in [0.2, 0.25) is 0 Å². The Morgan fingerprint density at radius 3 is 1.92 bits per heavy atom. The standard InChI is InChI=1S/C18H14BrF3N4/c19-16-9-13(18(20,21)22)10-17(25-16)26(11-14-5-1-3-7-23-14)12-15-6-2-4-8-24-15/h1-10H,11-12H2. The molecule has 3 heterocycles. The van der Waals surface area contributed by atoms with Crippen LogP contribution in [-0.4, -0.2) is 15.0 Å². The summed E-state index contributed by atoms with van der Waals surface area (Å²) in [5, 5.41) is 0. The first-order chi connectivity index (χ1) is 12.4. The van der Waals surface area contributed by atoms with Crippen LogP contribution < -0.4 is 4.90 Å². The normalized spacial score (nSPS) is 11.4. The fraction of sp³-hybridized carbons (Fsp3) is 0.167. The average Bonchev–Trinajstić information content (AvgIpc) is 2.62. The molecule has 0 aliphatic carbocycles. The largest absolute Gasteiger partial charge is 0.416 e. The third kappa shape index (κ3) is 4.78. The Hall–Kier alpha value is -2.48. The van der Waals surface area contributed by atoms with Gasteiger partial charge in [-0.2, -0.15) is 13.2 Å². The highest BCUT2D eigenvalue weighted by molar-refractivity contribution is 9.10. The van der Waals surface area contributed by atoms with E-state index in [2.05, 4.69) is 30.9 Å². The van der Waals surface area contributed by atoms with Crippen LogP contribution in [0, 0.1) is 0 Å². The van der Waals surface area contributed by atoms with Crippen molar-refractivity contribution in [2.24, 2.45) is 0 Å². The molecule has 3 rings (SSSR count). The zero-order chi connectivity index (χ0) is 18.6. The maximum Gasteiger partial charge on any atom is 0.416 e. The van der Waals surface area contributed by atoms with Gasteiger partial charge in [-0.1, -0.05) is 12.1 Å². The summed E-state index contributed by atoms with van der Waals surface area (Å²) in [5.74, 6) is 0.197. The van der Waals surface area contributed by atoms with Crippen LogP contribution in [0.5, 0.6) is 0 Å². The number of rotatable bonds is 5. The van der Waals surface area contributed by atoms with Gasteiger partial charge in [0.2, 0.25) is 0 Å². The predicted molar refractivity (Wildman–Crippen MR) is 95.3 cm³/mol. The number of halogens is 4. The molecule has 8 heteroatoms. The Morgan fingerprint density at radius 2 is 1.46 bits per heavy atom. The van der Waals surface area contributed by atoms with Gasteiger partial charge in [-0.3, -0.25) is 9.97 Å². The highest BCUT2D eigenvalue weighted by Gasteiger charge is 2.32. The molecule has 0 aliphatic rings. The fourth-order valence-electron chi connectivity index (χ4n) is 2.40. The Bertz CT molecular complexity index is 816. The summed E-state index contributed by atoms with van der Waals surface area (Å²) < 4.78 is 39.6. The van der Waals surface area contributed by atoms with Crippen molar-refractivity contribution in [2.75, 3.05) is 4.90 Å². The lowest BCUT2D eigenvalue weighted by molar-refractivity contribution is -0.137. The summed E-state index contributed by atoms with van der Waals surface area (Å²) in [6.45, 7) is 0.607. The Labute approximate surface area is 156 Å². The van der Waals surface area contributed by atoms with E-state index in [-0.39, 0.29) is 10.4 Å². The van der Waals surface area contributed by atoms with E-state index >= 15 is 0 Å². The first kappa shape index (κ1) is 18.3. The molecule has 0 unspecified atom stereocenters. The smallest absolute Gasteiger partial charge is 0.345 e. The second kappa shape index (κ2) is 7.82. The summed E-state index contributed by atoms with van der Waals surface area (Å²) in [7, 11) is 0. The molecule has 0 bridgehead atoms. The van der Waals surface area contributed by atoms with Gasteiger partial charge >= 0.3 is 6.18 Å². The summed E-state index contributed by atoms with van der Waals surface area (Å²) in [6.07, 6.45) is -1.17. The van der Waals surface area contributed by atoms with Gasteiger partial charge in [0.05, 0.1) is 30.0 Å². The van der Waals surface area contributed by atoms with Gasteiger partial charge in [0.1, 0.15) is 10.4 Å². The molecule has 0 saturated carbocycles. The van der Waals surface area contributed by atoms with Crippen molar-refractivity contribution in [3.05, 3.63) is 82.5 Å². The molecule has 0 saturated heterocycles. The molecule has 0 spiro atoms. The molecular weight excluding hydrogens is 409 g/mol. The molecule has 0 atom stereocenters. The topological polar surface area (TPSA) is 41.9 Å². The first-order valence-corrected chi connectivity index (χ1v) is 8.50. The minimum Gasteiger partial charge on any atom is -0.345 e. The minimum atomic E-state index is -4.46. The Morgan fingerprint density at radius 1 is 0.885 bits per heavy atom. The number of hydrogen-bond donors (Lipinski definition) is 0. The van der Waals surface area contributed by atoms with Gasteiger partial charge in [-0.25, -0.2) is 4.98 Å².